The molecule has 0 aromatic rings. The summed E-state index contributed by atoms with van der Waals surface area (Å²) >= 11 is 0. The van der Waals surface area contributed by atoms with E-state index in [0.717, 1.165) is 25.9 Å². The van der Waals surface area contributed by atoms with E-state index in [1.165, 1.54) is 12.8 Å². The van der Waals surface area contributed by atoms with Gasteiger partial charge in [0.15, 0.2) is 0 Å². The van der Waals surface area contributed by atoms with Crippen LogP contribution in [0.3, 0.4) is 0 Å². The molecule has 6 heteroatoms. The van der Waals surface area contributed by atoms with E-state index < -0.39 is 8.80 Å². The molecule has 5 nitrogen and oxygen atoms in total. The van der Waals surface area contributed by atoms with Crippen molar-refractivity contribution in [1.29, 1.82) is 0 Å². The van der Waals surface area contributed by atoms with Crippen LogP contribution < -0.4 is 11.1 Å². The van der Waals surface area contributed by atoms with E-state index in [0.29, 0.717) is 31.9 Å². The topological polar surface area (TPSA) is 65.7 Å². The Labute approximate surface area is 132 Å². The summed E-state index contributed by atoms with van der Waals surface area (Å²) in [5.74, 6) is 0. The first-order chi connectivity index (χ1) is 10.2. The highest BCUT2D eigenvalue weighted by Crippen LogP contribution is 2.33. The molecule has 0 fully saturated rings. The maximum absolute atomic E-state index is 6.07. The first kappa shape index (κ1) is 21.0. The first-order valence-electron chi connectivity index (χ1n) is 8.53. The van der Waals surface area contributed by atoms with Gasteiger partial charge in [-0.15, -0.1) is 0 Å². The molecule has 1 unspecified atom stereocenters. The molecule has 0 aliphatic heterocycles. The van der Waals surface area contributed by atoms with Gasteiger partial charge in [-0.25, -0.2) is 0 Å². The average Bonchev–Trinajstić information content (AvgIpc) is 2.47. The molecule has 0 spiro atoms. The summed E-state index contributed by atoms with van der Waals surface area (Å²) in [6.45, 7) is 12.7. The molecule has 0 radical (unpaired) electrons. The summed E-state index contributed by atoms with van der Waals surface area (Å²) < 4.78 is 18.2. The number of hydrogen-bond acceptors (Lipinski definition) is 5. The predicted octanol–water partition coefficient (Wildman–Crippen LogP) is 2.53. The fourth-order valence-electron chi connectivity index (χ4n) is 2.53. The van der Waals surface area contributed by atoms with E-state index in [9.17, 15) is 0 Å². The number of rotatable bonds is 15. The maximum Gasteiger partial charge on any atom is 0.504 e. The van der Waals surface area contributed by atoms with Crippen LogP contribution in [0, 0.1) is 0 Å². The fourth-order valence-corrected chi connectivity index (χ4v) is 5.75. The lowest BCUT2D eigenvalue weighted by Gasteiger charge is -2.35. The Hall–Kier alpha value is 0.0169. The summed E-state index contributed by atoms with van der Waals surface area (Å²) in [7, 11) is -2.59. The van der Waals surface area contributed by atoms with E-state index >= 15 is 0 Å². The molecule has 0 saturated heterocycles. The highest BCUT2D eigenvalue weighted by atomic mass is 28.4. The van der Waals surface area contributed by atoms with E-state index in [1.54, 1.807) is 0 Å². The van der Waals surface area contributed by atoms with Gasteiger partial charge in [0.25, 0.3) is 0 Å². The van der Waals surface area contributed by atoms with Crippen molar-refractivity contribution in [3.05, 3.63) is 0 Å². The number of hydrogen-bond donors (Lipinski definition) is 2. The SMILES string of the molecule is CCCCC(CCNCCN)[Si](OCC)(OCC)OCC. The monoisotopic (exact) mass is 320 g/mol. The zero-order valence-corrected chi connectivity index (χ0v) is 15.5. The molecular weight excluding hydrogens is 284 g/mol. The molecule has 0 aliphatic rings. The van der Waals surface area contributed by atoms with Crippen LogP contribution in [0.15, 0.2) is 0 Å². The highest BCUT2D eigenvalue weighted by Gasteiger charge is 2.48. The molecule has 3 N–H and O–H groups in total. The average molecular weight is 321 g/mol. The Morgan fingerprint density at radius 1 is 0.905 bits per heavy atom. The van der Waals surface area contributed by atoms with Crippen LogP contribution in [0.4, 0.5) is 0 Å². The third kappa shape index (κ3) is 8.28. The van der Waals surface area contributed by atoms with Gasteiger partial charge >= 0.3 is 8.80 Å². The first-order valence-corrected chi connectivity index (χ1v) is 10.3. The summed E-state index contributed by atoms with van der Waals surface area (Å²) in [5, 5.41) is 3.37. The van der Waals surface area contributed by atoms with Crippen LogP contribution in [0.2, 0.25) is 5.54 Å². The Morgan fingerprint density at radius 3 is 1.90 bits per heavy atom. The van der Waals surface area contributed by atoms with Crippen LogP contribution in [-0.2, 0) is 13.3 Å². The van der Waals surface area contributed by atoms with Gasteiger partial charge in [0.05, 0.1) is 0 Å². The molecule has 21 heavy (non-hydrogen) atoms. The van der Waals surface area contributed by atoms with Crippen LogP contribution in [-0.4, -0.2) is 48.3 Å². The van der Waals surface area contributed by atoms with Gasteiger partial charge in [-0.3, -0.25) is 0 Å². The molecule has 0 aromatic carbocycles. The van der Waals surface area contributed by atoms with Crippen molar-refractivity contribution in [3.63, 3.8) is 0 Å². The molecule has 0 bridgehead atoms. The van der Waals surface area contributed by atoms with E-state index in [1.807, 2.05) is 20.8 Å². The fraction of sp³-hybridized carbons (Fsp3) is 1.00. The number of nitrogens with two attached hydrogens (primary N) is 1. The summed E-state index contributed by atoms with van der Waals surface area (Å²) in [6, 6.07) is 0. The van der Waals surface area contributed by atoms with Crippen LogP contribution >= 0.6 is 0 Å². The van der Waals surface area contributed by atoms with Crippen LogP contribution in [0.25, 0.3) is 0 Å². The lowest BCUT2D eigenvalue weighted by atomic mass is 10.1. The summed E-state index contributed by atoms with van der Waals surface area (Å²) in [5.41, 5.74) is 5.89. The van der Waals surface area contributed by atoms with Crippen molar-refractivity contribution in [2.75, 3.05) is 39.5 Å². The number of nitrogens with one attached hydrogen (secondary N) is 1. The largest absolute Gasteiger partial charge is 0.504 e. The number of unbranched alkanes of at least 4 members (excludes halogenated alkanes) is 1. The Bertz CT molecular complexity index is 216. The van der Waals surface area contributed by atoms with Crippen molar-refractivity contribution < 1.29 is 13.3 Å². The third-order valence-electron chi connectivity index (χ3n) is 3.43. The van der Waals surface area contributed by atoms with Gasteiger partial charge in [-0.05, 0) is 40.2 Å². The van der Waals surface area contributed by atoms with Crippen molar-refractivity contribution in [1.82, 2.24) is 5.32 Å². The Kier molecular flexibility index (Phi) is 13.7. The second-order valence-corrected chi connectivity index (χ2v) is 7.96. The van der Waals surface area contributed by atoms with E-state index in [4.69, 9.17) is 19.0 Å². The van der Waals surface area contributed by atoms with Crippen LogP contribution in [0.5, 0.6) is 0 Å². The van der Waals surface area contributed by atoms with Crippen molar-refractivity contribution in [2.24, 2.45) is 5.73 Å². The molecule has 0 saturated carbocycles. The Balaban J connectivity index is 4.84. The van der Waals surface area contributed by atoms with Crippen molar-refractivity contribution >= 4 is 8.80 Å². The lowest BCUT2D eigenvalue weighted by molar-refractivity contribution is 0.0583. The van der Waals surface area contributed by atoms with Gasteiger partial charge < -0.3 is 24.3 Å². The van der Waals surface area contributed by atoms with Gasteiger partial charge in [-0.1, -0.05) is 19.8 Å². The van der Waals surface area contributed by atoms with Crippen molar-refractivity contribution in [2.45, 2.75) is 58.9 Å². The summed E-state index contributed by atoms with van der Waals surface area (Å²) in [4.78, 5) is 0. The predicted molar refractivity (Wildman–Crippen MR) is 90.4 cm³/mol. The second kappa shape index (κ2) is 13.7. The minimum Gasteiger partial charge on any atom is -0.374 e. The normalized spacial score (nSPS) is 13.6. The third-order valence-corrected chi connectivity index (χ3v) is 7.08. The molecule has 0 rings (SSSR count). The maximum atomic E-state index is 6.07. The molecule has 0 aromatic heterocycles. The van der Waals surface area contributed by atoms with Crippen LogP contribution in [0.1, 0.15) is 53.4 Å². The van der Waals surface area contributed by atoms with Gasteiger partial charge in [0, 0.05) is 38.5 Å². The Morgan fingerprint density at radius 2 is 1.48 bits per heavy atom. The molecule has 0 heterocycles. The lowest BCUT2D eigenvalue weighted by Crippen LogP contribution is -2.51. The van der Waals surface area contributed by atoms with Gasteiger partial charge in [0.1, 0.15) is 0 Å². The standard InChI is InChI=1S/C15H36N2O3Si/c1-5-9-10-15(11-13-17-14-12-16)21(18-6-2,19-7-3)20-8-4/h15,17H,5-14,16H2,1-4H3. The summed E-state index contributed by atoms with van der Waals surface area (Å²) in [6.07, 6.45) is 4.49. The molecule has 0 aliphatic carbocycles. The van der Waals surface area contributed by atoms with E-state index in [-0.39, 0.29) is 0 Å². The van der Waals surface area contributed by atoms with Gasteiger partial charge in [-0.2, -0.15) is 0 Å². The molecular formula is C15H36N2O3Si. The molecule has 0 amide bonds. The minimum atomic E-state index is -2.59. The molecule has 1 atom stereocenters. The zero-order chi connectivity index (χ0) is 16.0. The van der Waals surface area contributed by atoms with Gasteiger partial charge in [0.2, 0.25) is 0 Å². The minimum absolute atomic E-state index is 0.363. The quantitative estimate of drug-likeness (QED) is 0.358. The highest BCUT2D eigenvalue weighted by molar-refractivity contribution is 6.62. The zero-order valence-electron chi connectivity index (χ0n) is 14.5. The molecule has 128 valence electrons. The van der Waals surface area contributed by atoms with Crippen molar-refractivity contribution in [3.8, 4) is 0 Å². The smallest absolute Gasteiger partial charge is 0.374 e. The second-order valence-electron chi connectivity index (χ2n) is 5.07. The van der Waals surface area contributed by atoms with E-state index in [2.05, 4.69) is 12.2 Å².